The normalized spacial score (nSPS) is 12.5. The minimum Gasteiger partial charge on any atom is -0.468 e. The van der Waals surface area contributed by atoms with Crippen LogP contribution in [0.2, 0.25) is 5.02 Å². The van der Waals surface area contributed by atoms with Crippen molar-refractivity contribution in [3.8, 4) is 5.75 Å². The molecule has 3 aromatic rings. The molecule has 1 aromatic heterocycles. The average Bonchev–Trinajstić information content (AvgIpc) is 2.78. The lowest BCUT2D eigenvalue weighted by Gasteiger charge is -2.18. The summed E-state index contributed by atoms with van der Waals surface area (Å²) in [7, 11) is -2.02. The van der Waals surface area contributed by atoms with E-state index in [4.69, 9.17) is 21.1 Å². The summed E-state index contributed by atoms with van der Waals surface area (Å²) in [5.41, 5.74) is 2.19. The van der Waals surface area contributed by atoms with Crippen molar-refractivity contribution in [1.82, 2.24) is 9.71 Å². The quantitative estimate of drug-likeness (QED) is 0.429. The van der Waals surface area contributed by atoms with Gasteiger partial charge in [-0.15, -0.1) is 0 Å². The fourth-order valence-electron chi connectivity index (χ4n) is 3.20. The van der Waals surface area contributed by atoms with Crippen LogP contribution >= 0.6 is 11.6 Å². The number of halogens is 1. The highest BCUT2D eigenvalue weighted by Crippen LogP contribution is 2.25. The number of methoxy groups -OCH3 is 1. The molecule has 1 N–H and O–H groups in total. The van der Waals surface area contributed by atoms with Crippen LogP contribution in [0.15, 0.2) is 78.0 Å². The van der Waals surface area contributed by atoms with E-state index in [1.165, 1.54) is 12.1 Å². The van der Waals surface area contributed by atoms with Gasteiger partial charge >= 0.3 is 0 Å². The van der Waals surface area contributed by atoms with E-state index in [0.717, 1.165) is 23.3 Å². The Kier molecular flexibility index (Phi) is 8.43. The summed E-state index contributed by atoms with van der Waals surface area (Å²) in [5, 5.41) is 0.495. The molecule has 0 radical (unpaired) electrons. The Morgan fingerprint density at radius 3 is 2.45 bits per heavy atom. The number of pyridine rings is 1. The third kappa shape index (κ3) is 7.04. The average molecular weight is 461 g/mol. The van der Waals surface area contributed by atoms with Gasteiger partial charge in [0.1, 0.15) is 5.75 Å². The van der Waals surface area contributed by atoms with Gasteiger partial charge in [0, 0.05) is 31.1 Å². The first-order valence-electron chi connectivity index (χ1n) is 9.84. The summed E-state index contributed by atoms with van der Waals surface area (Å²) < 4.78 is 38.1. The lowest BCUT2D eigenvalue weighted by Crippen LogP contribution is -2.26. The fourth-order valence-corrected chi connectivity index (χ4v) is 4.38. The van der Waals surface area contributed by atoms with E-state index in [-0.39, 0.29) is 17.6 Å². The van der Waals surface area contributed by atoms with Gasteiger partial charge in [-0.25, -0.2) is 13.1 Å². The summed E-state index contributed by atoms with van der Waals surface area (Å²) in [6, 6.07) is 17.8. The maximum atomic E-state index is 12.6. The molecule has 0 bridgehead atoms. The van der Waals surface area contributed by atoms with Crippen LogP contribution < -0.4 is 9.46 Å². The van der Waals surface area contributed by atoms with Crippen molar-refractivity contribution in [2.75, 3.05) is 20.4 Å². The third-order valence-corrected chi connectivity index (χ3v) is 6.54. The molecule has 0 saturated carbocycles. The highest BCUT2D eigenvalue weighted by atomic mass is 35.5. The molecular formula is C23H25ClN2O4S. The van der Waals surface area contributed by atoms with Gasteiger partial charge in [0.25, 0.3) is 0 Å². The molecule has 3 rings (SSSR count). The molecule has 1 atom stereocenters. The number of sulfonamides is 1. The summed E-state index contributed by atoms with van der Waals surface area (Å²) in [4.78, 5) is 4.42. The van der Waals surface area contributed by atoms with E-state index in [1.807, 2.05) is 42.6 Å². The van der Waals surface area contributed by atoms with Crippen molar-refractivity contribution in [3.63, 3.8) is 0 Å². The van der Waals surface area contributed by atoms with Gasteiger partial charge in [-0.1, -0.05) is 29.8 Å². The van der Waals surface area contributed by atoms with Crippen LogP contribution in [0.3, 0.4) is 0 Å². The van der Waals surface area contributed by atoms with Gasteiger partial charge in [0.05, 0.1) is 4.90 Å². The summed E-state index contributed by atoms with van der Waals surface area (Å²) in [6.07, 6.45) is 4.93. The number of aromatic nitrogens is 1. The molecular weight excluding hydrogens is 436 g/mol. The van der Waals surface area contributed by atoms with Crippen LogP contribution in [0.5, 0.6) is 5.75 Å². The van der Waals surface area contributed by atoms with E-state index in [9.17, 15) is 8.42 Å². The van der Waals surface area contributed by atoms with Gasteiger partial charge in [-0.3, -0.25) is 4.98 Å². The monoisotopic (exact) mass is 460 g/mol. The van der Waals surface area contributed by atoms with E-state index in [0.29, 0.717) is 18.0 Å². The zero-order chi connectivity index (χ0) is 22.1. The molecule has 0 fully saturated rings. The van der Waals surface area contributed by atoms with E-state index in [1.54, 1.807) is 25.4 Å². The zero-order valence-electron chi connectivity index (χ0n) is 17.2. The predicted molar refractivity (Wildman–Crippen MR) is 121 cm³/mol. The Morgan fingerprint density at radius 1 is 1.06 bits per heavy atom. The molecule has 164 valence electrons. The Hall–Kier alpha value is -2.45. The molecule has 6 nitrogen and oxygen atoms in total. The highest BCUT2D eigenvalue weighted by Gasteiger charge is 2.17. The lowest BCUT2D eigenvalue weighted by molar-refractivity contribution is 0.0511. The van der Waals surface area contributed by atoms with Crippen LogP contribution in [0.1, 0.15) is 23.5 Å². The van der Waals surface area contributed by atoms with Crippen molar-refractivity contribution in [2.45, 2.75) is 23.7 Å². The SMILES string of the molecule is COCOc1ccc(CC(CCNS(=O)(=O)c2ccc(Cl)cc2)c2cccnc2)cc1. The van der Waals surface area contributed by atoms with Crippen molar-refractivity contribution in [2.24, 2.45) is 0 Å². The topological polar surface area (TPSA) is 77.5 Å². The standard InChI is InChI=1S/C23H25ClN2O4S/c1-29-17-30-22-8-4-18(5-9-22)15-19(20-3-2-13-25-16-20)12-14-26-31(27,28)23-10-6-21(24)7-11-23/h2-11,13,16,19,26H,12,14-15,17H2,1H3. The molecule has 31 heavy (non-hydrogen) atoms. The van der Waals surface area contributed by atoms with Crippen LogP contribution in [0.25, 0.3) is 0 Å². The second-order valence-electron chi connectivity index (χ2n) is 7.02. The second kappa shape index (κ2) is 11.2. The van der Waals surface area contributed by atoms with E-state index < -0.39 is 10.0 Å². The number of hydrogen-bond donors (Lipinski definition) is 1. The number of hydrogen-bond acceptors (Lipinski definition) is 5. The first-order chi connectivity index (χ1) is 15.0. The highest BCUT2D eigenvalue weighted by molar-refractivity contribution is 7.89. The van der Waals surface area contributed by atoms with Crippen LogP contribution in [0.4, 0.5) is 0 Å². The second-order valence-corrected chi connectivity index (χ2v) is 9.23. The zero-order valence-corrected chi connectivity index (χ0v) is 18.8. The maximum Gasteiger partial charge on any atom is 0.240 e. The predicted octanol–water partition coefficient (Wildman–Crippen LogP) is 4.41. The Balaban J connectivity index is 1.66. The number of ether oxygens (including phenoxy) is 2. The molecule has 0 spiro atoms. The fraction of sp³-hybridized carbons (Fsp3) is 0.261. The van der Waals surface area contributed by atoms with Crippen molar-refractivity contribution >= 4 is 21.6 Å². The maximum absolute atomic E-state index is 12.6. The van der Waals surface area contributed by atoms with Gasteiger partial charge in [0.2, 0.25) is 10.0 Å². The van der Waals surface area contributed by atoms with Crippen molar-refractivity contribution in [3.05, 3.63) is 89.2 Å². The van der Waals surface area contributed by atoms with Crippen molar-refractivity contribution < 1.29 is 17.9 Å². The third-order valence-electron chi connectivity index (χ3n) is 4.81. The molecule has 1 heterocycles. The minimum atomic E-state index is -3.59. The minimum absolute atomic E-state index is 0.104. The van der Waals surface area contributed by atoms with E-state index in [2.05, 4.69) is 9.71 Å². The first-order valence-corrected chi connectivity index (χ1v) is 11.7. The number of nitrogens with zero attached hydrogens (tertiary/aromatic N) is 1. The molecule has 0 amide bonds. The number of nitrogens with one attached hydrogen (secondary N) is 1. The lowest BCUT2D eigenvalue weighted by atomic mass is 9.90. The molecule has 1 unspecified atom stereocenters. The first kappa shape index (κ1) is 23.2. The van der Waals surface area contributed by atoms with Gasteiger partial charge in [0.15, 0.2) is 6.79 Å². The molecule has 8 heteroatoms. The van der Waals surface area contributed by atoms with Gasteiger partial charge in [-0.05, 0) is 72.4 Å². The molecule has 0 aliphatic carbocycles. The number of rotatable bonds is 11. The molecule has 0 aliphatic rings. The van der Waals surface area contributed by atoms with Crippen LogP contribution in [0, 0.1) is 0 Å². The summed E-state index contributed by atoms with van der Waals surface area (Å²) >= 11 is 5.85. The summed E-state index contributed by atoms with van der Waals surface area (Å²) in [6.45, 7) is 0.505. The van der Waals surface area contributed by atoms with Gasteiger partial charge in [-0.2, -0.15) is 0 Å². The number of benzene rings is 2. The molecule has 2 aromatic carbocycles. The van der Waals surface area contributed by atoms with E-state index >= 15 is 0 Å². The van der Waals surface area contributed by atoms with Crippen LogP contribution in [-0.4, -0.2) is 33.8 Å². The Bertz CT molecular complexity index is 1040. The Labute approximate surface area is 188 Å². The van der Waals surface area contributed by atoms with Crippen molar-refractivity contribution in [1.29, 1.82) is 0 Å². The van der Waals surface area contributed by atoms with Crippen LogP contribution in [-0.2, 0) is 21.2 Å². The smallest absolute Gasteiger partial charge is 0.240 e. The Morgan fingerprint density at radius 2 is 1.81 bits per heavy atom. The molecule has 0 saturated heterocycles. The largest absolute Gasteiger partial charge is 0.468 e. The summed E-state index contributed by atoms with van der Waals surface area (Å²) in [5.74, 6) is 0.839. The van der Waals surface area contributed by atoms with Gasteiger partial charge < -0.3 is 9.47 Å². The molecule has 0 aliphatic heterocycles.